The topological polar surface area (TPSA) is 36.3 Å². The van der Waals surface area contributed by atoms with Gasteiger partial charge in [-0.2, -0.15) is 0 Å². The third kappa shape index (κ3) is 4.22. The van der Waals surface area contributed by atoms with Crippen molar-refractivity contribution in [2.24, 2.45) is 0 Å². The molecule has 0 atom stereocenters. The molecule has 23 heavy (non-hydrogen) atoms. The van der Waals surface area contributed by atoms with Gasteiger partial charge in [-0.25, -0.2) is 0 Å². The summed E-state index contributed by atoms with van der Waals surface area (Å²) in [5, 5.41) is 8.61. The lowest BCUT2D eigenvalue weighted by molar-refractivity contribution is 0.415. The molecule has 2 aromatic carbocycles. The van der Waals surface area contributed by atoms with Gasteiger partial charge in [0, 0.05) is 18.7 Å². The lowest BCUT2D eigenvalue weighted by Gasteiger charge is -2.24. The highest BCUT2D eigenvalue weighted by Gasteiger charge is 2.13. The quantitative estimate of drug-likeness (QED) is 0.482. The third-order valence-electron chi connectivity index (χ3n) is 3.85. The van der Waals surface area contributed by atoms with Gasteiger partial charge in [0.1, 0.15) is 11.6 Å². The zero-order chi connectivity index (χ0) is 16.7. The van der Waals surface area contributed by atoms with Crippen LogP contribution in [0.2, 0.25) is 0 Å². The van der Waals surface area contributed by atoms with Crippen LogP contribution < -0.4 is 4.74 Å². The molecule has 0 unspecified atom stereocenters. The second-order valence-corrected chi connectivity index (χ2v) is 5.22. The van der Waals surface area contributed by atoms with Gasteiger partial charge < -0.3 is 9.64 Å². The fraction of sp³-hybridized carbons (Fsp3) is 0.250. The van der Waals surface area contributed by atoms with E-state index in [1.54, 1.807) is 7.11 Å². The Kier molecular flexibility index (Phi) is 5.98. The number of nitrogens with one attached hydrogen (secondary N) is 1. The molecule has 0 bridgehead atoms. The second kappa shape index (κ2) is 8.18. The molecule has 0 aliphatic heterocycles. The summed E-state index contributed by atoms with van der Waals surface area (Å²) in [5.41, 5.74) is 3.03. The predicted molar refractivity (Wildman–Crippen MR) is 98.0 cm³/mol. The smallest absolute Gasteiger partial charge is 0.128 e. The molecule has 3 nitrogen and oxygen atoms in total. The first-order chi connectivity index (χ1) is 11.2. The second-order valence-electron chi connectivity index (χ2n) is 5.22. The Morgan fingerprint density at radius 2 is 1.61 bits per heavy atom. The maximum atomic E-state index is 8.61. The zero-order valence-electron chi connectivity index (χ0n) is 14.0. The van der Waals surface area contributed by atoms with Crippen LogP contribution in [0, 0.1) is 5.41 Å². The lowest BCUT2D eigenvalue weighted by atomic mass is 10.0. The average Bonchev–Trinajstić information content (AvgIpc) is 2.61. The van der Waals surface area contributed by atoms with Crippen LogP contribution in [0.1, 0.15) is 25.0 Å². The van der Waals surface area contributed by atoms with Crippen LogP contribution in [0.4, 0.5) is 0 Å². The Morgan fingerprint density at radius 1 is 1.00 bits per heavy atom. The van der Waals surface area contributed by atoms with E-state index in [-0.39, 0.29) is 0 Å². The Balaban J connectivity index is 2.46. The molecule has 0 amide bonds. The molecule has 0 aliphatic carbocycles. The third-order valence-corrected chi connectivity index (χ3v) is 3.85. The normalized spacial score (nSPS) is 11.2. The largest absolute Gasteiger partial charge is 0.497 e. The molecule has 0 heterocycles. The minimum atomic E-state index is 0.545. The van der Waals surface area contributed by atoms with Crippen LogP contribution in [-0.2, 0) is 0 Å². The van der Waals surface area contributed by atoms with Crippen molar-refractivity contribution < 1.29 is 4.74 Å². The summed E-state index contributed by atoms with van der Waals surface area (Å²) in [6.07, 6.45) is 2.07. The van der Waals surface area contributed by atoms with Gasteiger partial charge in [0.2, 0.25) is 0 Å². The van der Waals surface area contributed by atoms with Crippen molar-refractivity contribution in [3.05, 3.63) is 65.7 Å². The summed E-state index contributed by atoms with van der Waals surface area (Å²) in [4.78, 5) is 2.05. The van der Waals surface area contributed by atoms with E-state index in [0.29, 0.717) is 5.84 Å². The van der Waals surface area contributed by atoms with Crippen molar-refractivity contribution in [1.29, 1.82) is 5.41 Å². The van der Waals surface area contributed by atoms with Crippen LogP contribution in [0.15, 0.2) is 54.6 Å². The van der Waals surface area contributed by atoms with Gasteiger partial charge in [-0.15, -0.1) is 0 Å². The maximum absolute atomic E-state index is 8.61. The van der Waals surface area contributed by atoms with Gasteiger partial charge in [-0.3, -0.25) is 5.41 Å². The van der Waals surface area contributed by atoms with Crippen molar-refractivity contribution in [3.8, 4) is 5.75 Å². The van der Waals surface area contributed by atoms with E-state index in [0.717, 1.165) is 35.5 Å². The highest BCUT2D eigenvalue weighted by atomic mass is 16.5. The predicted octanol–water partition coefficient (Wildman–Crippen LogP) is 4.55. The van der Waals surface area contributed by atoms with E-state index in [4.69, 9.17) is 10.1 Å². The minimum Gasteiger partial charge on any atom is -0.497 e. The molecule has 0 saturated carbocycles. The molecule has 3 heteroatoms. The number of nitrogens with zero attached hydrogens (tertiary/aromatic N) is 1. The summed E-state index contributed by atoms with van der Waals surface area (Å²) in [7, 11) is 1.66. The van der Waals surface area contributed by atoms with Crippen LogP contribution in [-0.4, -0.2) is 30.9 Å². The number of rotatable bonds is 6. The van der Waals surface area contributed by atoms with E-state index in [1.807, 2.05) is 42.5 Å². The standard InChI is InChI=1S/C20H24N2O/c1-4-22(5-2)20(21)19(15-16-9-7-6-8-10-16)17-11-13-18(23-3)14-12-17/h6-15,21H,4-5H2,1-3H3/b19-15+,21-20?. The van der Waals surface area contributed by atoms with Crippen LogP contribution in [0.25, 0.3) is 11.6 Å². The Morgan fingerprint density at radius 3 is 2.13 bits per heavy atom. The van der Waals surface area contributed by atoms with Crippen molar-refractivity contribution in [2.45, 2.75) is 13.8 Å². The molecule has 0 radical (unpaired) electrons. The SMILES string of the molecule is CCN(CC)C(=N)/C(=C/c1ccccc1)c1ccc(OC)cc1. The molecule has 2 rings (SSSR count). The first-order valence-corrected chi connectivity index (χ1v) is 7.94. The monoisotopic (exact) mass is 308 g/mol. The maximum Gasteiger partial charge on any atom is 0.128 e. The van der Waals surface area contributed by atoms with Crippen molar-refractivity contribution in [1.82, 2.24) is 4.90 Å². The van der Waals surface area contributed by atoms with Crippen LogP contribution >= 0.6 is 0 Å². The van der Waals surface area contributed by atoms with Crippen molar-refractivity contribution in [3.63, 3.8) is 0 Å². The van der Waals surface area contributed by atoms with Gasteiger partial charge >= 0.3 is 0 Å². The van der Waals surface area contributed by atoms with E-state index in [2.05, 4.69) is 37.0 Å². The van der Waals surface area contributed by atoms with Gasteiger partial charge in [0.05, 0.1) is 7.11 Å². The fourth-order valence-electron chi connectivity index (χ4n) is 2.49. The molecule has 120 valence electrons. The number of ether oxygens (including phenoxy) is 1. The molecule has 0 fully saturated rings. The molecule has 1 N–H and O–H groups in total. The number of methoxy groups -OCH3 is 1. The number of amidine groups is 1. The van der Waals surface area contributed by atoms with Gasteiger partial charge in [0.25, 0.3) is 0 Å². The van der Waals surface area contributed by atoms with Gasteiger partial charge in [-0.1, -0.05) is 42.5 Å². The molecule has 2 aromatic rings. The molecule has 0 aliphatic rings. The summed E-state index contributed by atoms with van der Waals surface area (Å²) in [6, 6.07) is 18.0. The zero-order valence-corrected chi connectivity index (χ0v) is 14.0. The van der Waals surface area contributed by atoms with E-state index >= 15 is 0 Å². The van der Waals surface area contributed by atoms with E-state index in [1.165, 1.54) is 0 Å². The first kappa shape index (κ1) is 16.8. The minimum absolute atomic E-state index is 0.545. The molecular weight excluding hydrogens is 284 g/mol. The number of hydrogen-bond donors (Lipinski definition) is 1. The first-order valence-electron chi connectivity index (χ1n) is 7.94. The number of hydrogen-bond acceptors (Lipinski definition) is 2. The van der Waals surface area contributed by atoms with Crippen LogP contribution in [0.5, 0.6) is 5.75 Å². The Labute approximate surface area is 138 Å². The van der Waals surface area contributed by atoms with Crippen LogP contribution in [0.3, 0.4) is 0 Å². The highest BCUT2D eigenvalue weighted by Crippen LogP contribution is 2.23. The summed E-state index contributed by atoms with van der Waals surface area (Å²) in [6.45, 7) is 5.79. The molecular formula is C20H24N2O. The summed E-state index contributed by atoms with van der Waals surface area (Å²) >= 11 is 0. The van der Waals surface area contributed by atoms with Crippen molar-refractivity contribution >= 4 is 17.5 Å². The Bertz CT molecular complexity index is 656. The lowest BCUT2D eigenvalue weighted by Crippen LogP contribution is -2.30. The highest BCUT2D eigenvalue weighted by molar-refractivity contribution is 6.25. The number of likely N-dealkylation sites (N-methyl/N-ethyl adjacent to an activating group) is 1. The molecule has 0 saturated heterocycles. The Hall–Kier alpha value is -2.55. The van der Waals surface area contributed by atoms with Gasteiger partial charge in [-0.05, 0) is 43.2 Å². The summed E-state index contributed by atoms with van der Waals surface area (Å²) in [5.74, 6) is 1.37. The van der Waals surface area contributed by atoms with Crippen molar-refractivity contribution in [2.75, 3.05) is 20.2 Å². The molecule has 0 aromatic heterocycles. The van der Waals surface area contributed by atoms with E-state index < -0.39 is 0 Å². The molecule has 0 spiro atoms. The fourth-order valence-corrected chi connectivity index (χ4v) is 2.49. The number of benzene rings is 2. The summed E-state index contributed by atoms with van der Waals surface area (Å²) < 4.78 is 5.23. The van der Waals surface area contributed by atoms with Gasteiger partial charge in [0.15, 0.2) is 0 Å². The average molecular weight is 308 g/mol. The van der Waals surface area contributed by atoms with E-state index in [9.17, 15) is 0 Å².